The molecule has 0 bridgehead atoms. The molecule has 1 heterocycles. The van der Waals surface area contributed by atoms with Crippen molar-refractivity contribution in [2.75, 3.05) is 0 Å². The third-order valence-corrected chi connectivity index (χ3v) is 3.13. The van der Waals surface area contributed by atoms with Crippen LogP contribution in [0.25, 0.3) is 5.69 Å². The predicted molar refractivity (Wildman–Crippen MR) is 63.6 cm³/mol. The molecule has 1 aliphatic carbocycles. The fourth-order valence-electron chi connectivity index (χ4n) is 2.25. The summed E-state index contributed by atoms with van der Waals surface area (Å²) < 4.78 is 1.96. The number of aryl methyl sites for hydroxylation is 1. The predicted octanol–water partition coefficient (Wildman–Crippen LogP) is 1.69. The van der Waals surface area contributed by atoms with Crippen molar-refractivity contribution in [3.05, 3.63) is 47.8 Å². The molecule has 3 heteroatoms. The van der Waals surface area contributed by atoms with Gasteiger partial charge in [-0.1, -0.05) is 18.2 Å². The summed E-state index contributed by atoms with van der Waals surface area (Å²) in [6, 6.07) is 10.5. The molecule has 0 spiro atoms. The SMILES string of the molecule is N[C@H]1CCc2nn(-c3ccccc3)cc2C1. The van der Waals surface area contributed by atoms with E-state index >= 15 is 0 Å². The highest BCUT2D eigenvalue weighted by atomic mass is 15.3. The standard InChI is InChI=1S/C13H15N3/c14-11-6-7-13-10(8-11)9-16(15-13)12-4-2-1-3-5-12/h1-5,9,11H,6-8,14H2/t11-/m0/s1. The largest absolute Gasteiger partial charge is 0.327 e. The third-order valence-electron chi connectivity index (χ3n) is 3.13. The van der Waals surface area contributed by atoms with Crippen LogP contribution < -0.4 is 5.73 Å². The van der Waals surface area contributed by atoms with Gasteiger partial charge in [0.2, 0.25) is 0 Å². The van der Waals surface area contributed by atoms with E-state index in [0.29, 0.717) is 6.04 Å². The molecule has 1 aromatic heterocycles. The number of benzene rings is 1. The normalized spacial score (nSPS) is 19.4. The van der Waals surface area contributed by atoms with E-state index in [1.54, 1.807) is 0 Å². The number of fused-ring (bicyclic) bond motifs is 1. The Bertz CT molecular complexity index is 487. The molecule has 0 saturated carbocycles. The van der Waals surface area contributed by atoms with E-state index in [0.717, 1.165) is 24.9 Å². The van der Waals surface area contributed by atoms with E-state index in [4.69, 9.17) is 5.73 Å². The third kappa shape index (κ3) is 1.63. The van der Waals surface area contributed by atoms with Crippen molar-refractivity contribution in [1.82, 2.24) is 9.78 Å². The molecule has 0 unspecified atom stereocenters. The Labute approximate surface area is 94.9 Å². The molecular weight excluding hydrogens is 198 g/mol. The van der Waals surface area contributed by atoms with Gasteiger partial charge in [0.15, 0.2) is 0 Å². The van der Waals surface area contributed by atoms with Crippen LogP contribution in [0.5, 0.6) is 0 Å². The van der Waals surface area contributed by atoms with Crippen molar-refractivity contribution < 1.29 is 0 Å². The maximum Gasteiger partial charge on any atom is 0.0662 e. The second-order valence-corrected chi connectivity index (χ2v) is 4.38. The number of aromatic nitrogens is 2. The fraction of sp³-hybridized carbons (Fsp3) is 0.308. The average Bonchev–Trinajstić information content (AvgIpc) is 2.73. The van der Waals surface area contributed by atoms with Gasteiger partial charge in [0.05, 0.1) is 11.4 Å². The Morgan fingerprint density at radius 1 is 1.25 bits per heavy atom. The van der Waals surface area contributed by atoms with E-state index in [1.165, 1.54) is 11.3 Å². The smallest absolute Gasteiger partial charge is 0.0662 e. The minimum absolute atomic E-state index is 0.306. The maximum absolute atomic E-state index is 5.96. The number of nitrogens with two attached hydrogens (primary N) is 1. The summed E-state index contributed by atoms with van der Waals surface area (Å²) in [6.45, 7) is 0. The van der Waals surface area contributed by atoms with E-state index in [9.17, 15) is 0 Å². The molecule has 1 aromatic carbocycles. The van der Waals surface area contributed by atoms with Crippen LogP contribution in [0, 0.1) is 0 Å². The number of rotatable bonds is 1. The lowest BCUT2D eigenvalue weighted by Crippen LogP contribution is -2.27. The Morgan fingerprint density at radius 2 is 2.06 bits per heavy atom. The Kier molecular flexibility index (Phi) is 2.26. The molecule has 0 saturated heterocycles. The lowest BCUT2D eigenvalue weighted by atomic mass is 9.94. The Hall–Kier alpha value is -1.61. The number of hydrogen-bond acceptors (Lipinski definition) is 2. The average molecular weight is 213 g/mol. The zero-order valence-electron chi connectivity index (χ0n) is 9.13. The van der Waals surface area contributed by atoms with Crippen LogP contribution in [0.2, 0.25) is 0 Å². The van der Waals surface area contributed by atoms with Gasteiger partial charge >= 0.3 is 0 Å². The lowest BCUT2D eigenvalue weighted by molar-refractivity contribution is 0.570. The molecule has 0 amide bonds. The van der Waals surface area contributed by atoms with Gasteiger partial charge in [-0.25, -0.2) is 4.68 Å². The summed E-state index contributed by atoms with van der Waals surface area (Å²) in [5.74, 6) is 0. The molecule has 0 fully saturated rings. The van der Waals surface area contributed by atoms with Gasteiger partial charge in [-0.15, -0.1) is 0 Å². The monoisotopic (exact) mass is 213 g/mol. The molecule has 0 radical (unpaired) electrons. The number of para-hydroxylation sites is 1. The first kappa shape index (κ1) is 9.60. The van der Waals surface area contributed by atoms with Crippen LogP contribution in [0.4, 0.5) is 0 Å². The van der Waals surface area contributed by atoms with Crippen molar-refractivity contribution in [2.24, 2.45) is 5.73 Å². The minimum atomic E-state index is 0.306. The highest BCUT2D eigenvalue weighted by Gasteiger charge is 2.18. The zero-order chi connectivity index (χ0) is 11.0. The molecule has 0 aliphatic heterocycles. The maximum atomic E-state index is 5.96. The lowest BCUT2D eigenvalue weighted by Gasteiger charge is -2.15. The van der Waals surface area contributed by atoms with Gasteiger partial charge in [0.25, 0.3) is 0 Å². The summed E-state index contributed by atoms with van der Waals surface area (Å²) in [5, 5.41) is 4.62. The van der Waals surface area contributed by atoms with Crippen molar-refractivity contribution in [2.45, 2.75) is 25.3 Å². The molecule has 1 atom stereocenters. The quantitative estimate of drug-likeness (QED) is 0.783. The van der Waals surface area contributed by atoms with Gasteiger partial charge in [0.1, 0.15) is 0 Å². The van der Waals surface area contributed by atoms with Gasteiger partial charge in [-0.3, -0.25) is 0 Å². The Balaban J connectivity index is 1.99. The van der Waals surface area contributed by atoms with Crippen LogP contribution in [0.1, 0.15) is 17.7 Å². The minimum Gasteiger partial charge on any atom is -0.327 e. The molecule has 3 rings (SSSR count). The number of nitrogens with zero attached hydrogens (tertiary/aromatic N) is 2. The highest BCUT2D eigenvalue weighted by molar-refractivity contribution is 5.33. The summed E-state index contributed by atoms with van der Waals surface area (Å²) in [4.78, 5) is 0. The van der Waals surface area contributed by atoms with E-state index in [2.05, 4.69) is 23.4 Å². The second-order valence-electron chi connectivity index (χ2n) is 4.38. The molecule has 2 aromatic rings. The second kappa shape index (κ2) is 3.76. The molecular formula is C13H15N3. The summed E-state index contributed by atoms with van der Waals surface area (Å²) >= 11 is 0. The summed E-state index contributed by atoms with van der Waals surface area (Å²) in [7, 11) is 0. The van der Waals surface area contributed by atoms with Crippen LogP contribution in [0.3, 0.4) is 0 Å². The Morgan fingerprint density at radius 3 is 2.88 bits per heavy atom. The molecule has 1 aliphatic rings. The topological polar surface area (TPSA) is 43.8 Å². The van der Waals surface area contributed by atoms with Crippen LogP contribution in [-0.4, -0.2) is 15.8 Å². The van der Waals surface area contributed by atoms with Crippen molar-refractivity contribution in [3.8, 4) is 5.69 Å². The van der Waals surface area contributed by atoms with Gasteiger partial charge in [0, 0.05) is 12.2 Å². The van der Waals surface area contributed by atoms with Gasteiger partial charge in [-0.05, 0) is 37.0 Å². The molecule has 82 valence electrons. The van der Waals surface area contributed by atoms with Gasteiger partial charge < -0.3 is 5.73 Å². The molecule has 3 nitrogen and oxygen atoms in total. The highest BCUT2D eigenvalue weighted by Crippen LogP contribution is 2.20. The van der Waals surface area contributed by atoms with Crippen molar-refractivity contribution in [1.29, 1.82) is 0 Å². The first-order valence-electron chi connectivity index (χ1n) is 5.71. The summed E-state index contributed by atoms with van der Waals surface area (Å²) in [5.41, 5.74) is 9.60. The zero-order valence-corrected chi connectivity index (χ0v) is 9.13. The number of hydrogen-bond donors (Lipinski definition) is 1. The van der Waals surface area contributed by atoms with E-state index in [-0.39, 0.29) is 0 Å². The van der Waals surface area contributed by atoms with Crippen molar-refractivity contribution in [3.63, 3.8) is 0 Å². The molecule has 2 N–H and O–H groups in total. The van der Waals surface area contributed by atoms with Gasteiger partial charge in [-0.2, -0.15) is 5.10 Å². The first-order valence-corrected chi connectivity index (χ1v) is 5.71. The first-order chi connectivity index (χ1) is 7.83. The van der Waals surface area contributed by atoms with E-state index < -0.39 is 0 Å². The van der Waals surface area contributed by atoms with E-state index in [1.807, 2.05) is 22.9 Å². The fourth-order valence-corrected chi connectivity index (χ4v) is 2.25. The van der Waals surface area contributed by atoms with Crippen molar-refractivity contribution >= 4 is 0 Å². The van der Waals surface area contributed by atoms with Crippen LogP contribution in [0.15, 0.2) is 36.5 Å². The van der Waals surface area contributed by atoms with Crippen LogP contribution >= 0.6 is 0 Å². The van der Waals surface area contributed by atoms with Crippen LogP contribution in [-0.2, 0) is 12.8 Å². The summed E-state index contributed by atoms with van der Waals surface area (Å²) in [6.07, 6.45) is 5.14. The molecule has 16 heavy (non-hydrogen) atoms.